The van der Waals surface area contributed by atoms with Crippen molar-refractivity contribution in [3.63, 3.8) is 0 Å². The zero-order valence-corrected chi connectivity index (χ0v) is 21.5. The summed E-state index contributed by atoms with van der Waals surface area (Å²) in [5.74, 6) is 1.32. The second-order valence-corrected chi connectivity index (χ2v) is 10.3. The van der Waals surface area contributed by atoms with Gasteiger partial charge in [-0.15, -0.1) is 0 Å². The molecule has 5 heteroatoms. The number of nitrogens with zero attached hydrogens (tertiary/aromatic N) is 2. The van der Waals surface area contributed by atoms with Crippen LogP contribution in [-0.4, -0.2) is 41.8 Å². The van der Waals surface area contributed by atoms with Gasteiger partial charge in [0.15, 0.2) is 0 Å². The Labute approximate surface area is 215 Å². The maximum atomic E-state index is 14.3. The van der Waals surface area contributed by atoms with Gasteiger partial charge in [-0.2, -0.15) is 0 Å². The van der Waals surface area contributed by atoms with Crippen LogP contribution in [0.4, 0.5) is 4.39 Å². The van der Waals surface area contributed by atoms with Crippen molar-refractivity contribution in [1.82, 2.24) is 15.2 Å². The molecular formula is C31H38FN3O. The number of aromatic nitrogens is 1. The minimum absolute atomic E-state index is 0.126. The van der Waals surface area contributed by atoms with E-state index < -0.39 is 5.67 Å². The zero-order valence-electron chi connectivity index (χ0n) is 21.5. The van der Waals surface area contributed by atoms with Crippen LogP contribution in [0.25, 0.3) is 0 Å². The number of para-hydroxylation sites is 1. The van der Waals surface area contributed by atoms with Crippen molar-refractivity contribution in [2.24, 2.45) is 5.92 Å². The summed E-state index contributed by atoms with van der Waals surface area (Å²) in [5, 5.41) is 3.69. The molecule has 1 saturated heterocycles. The molecule has 0 radical (unpaired) electrons. The van der Waals surface area contributed by atoms with E-state index in [1.807, 2.05) is 66.9 Å². The second kappa shape index (κ2) is 12.2. The van der Waals surface area contributed by atoms with Crippen molar-refractivity contribution in [3.05, 3.63) is 108 Å². The van der Waals surface area contributed by atoms with E-state index in [9.17, 15) is 4.39 Å². The molecule has 1 fully saturated rings. The summed E-state index contributed by atoms with van der Waals surface area (Å²) in [5.41, 5.74) is 2.79. The fourth-order valence-corrected chi connectivity index (χ4v) is 4.86. The van der Waals surface area contributed by atoms with E-state index in [1.165, 1.54) is 0 Å². The van der Waals surface area contributed by atoms with Gasteiger partial charge in [-0.3, -0.25) is 9.88 Å². The quantitative estimate of drug-likeness (QED) is 0.342. The Morgan fingerprint density at radius 2 is 1.83 bits per heavy atom. The third-order valence-corrected chi connectivity index (χ3v) is 6.72. The third kappa shape index (κ3) is 7.66. The number of hydrogen-bond donors (Lipinski definition) is 1. The van der Waals surface area contributed by atoms with Crippen molar-refractivity contribution in [1.29, 1.82) is 0 Å². The zero-order chi connectivity index (χ0) is 25.4. The molecule has 0 spiro atoms. The van der Waals surface area contributed by atoms with Gasteiger partial charge in [-0.25, -0.2) is 4.39 Å². The highest BCUT2D eigenvalue weighted by Gasteiger charge is 2.25. The van der Waals surface area contributed by atoms with Crippen molar-refractivity contribution in [2.75, 3.05) is 26.2 Å². The van der Waals surface area contributed by atoms with E-state index in [0.29, 0.717) is 18.9 Å². The van der Waals surface area contributed by atoms with E-state index in [-0.39, 0.29) is 6.04 Å². The molecule has 0 amide bonds. The summed E-state index contributed by atoms with van der Waals surface area (Å²) < 4.78 is 20.2. The van der Waals surface area contributed by atoms with Crippen LogP contribution in [0.2, 0.25) is 0 Å². The number of likely N-dealkylation sites (tertiary alicyclic amines) is 1. The summed E-state index contributed by atoms with van der Waals surface area (Å²) >= 11 is 0. The highest BCUT2D eigenvalue weighted by atomic mass is 19.1. The number of piperidine rings is 1. The van der Waals surface area contributed by atoms with Crippen LogP contribution in [0, 0.1) is 5.92 Å². The van der Waals surface area contributed by atoms with Crippen LogP contribution < -0.4 is 10.1 Å². The summed E-state index contributed by atoms with van der Waals surface area (Å²) in [4.78, 5) is 7.09. The van der Waals surface area contributed by atoms with E-state index in [1.54, 1.807) is 13.8 Å². The van der Waals surface area contributed by atoms with Gasteiger partial charge in [0.2, 0.25) is 0 Å². The van der Waals surface area contributed by atoms with Crippen LogP contribution in [0.3, 0.4) is 0 Å². The topological polar surface area (TPSA) is 37.4 Å². The monoisotopic (exact) mass is 487 g/mol. The Morgan fingerprint density at radius 3 is 2.53 bits per heavy atom. The van der Waals surface area contributed by atoms with Crippen LogP contribution in [-0.2, 0) is 6.42 Å². The largest absolute Gasteiger partial charge is 0.492 e. The van der Waals surface area contributed by atoms with Crippen LogP contribution in [0.15, 0.2) is 91.3 Å². The predicted molar refractivity (Wildman–Crippen MR) is 145 cm³/mol. The molecule has 2 aromatic carbocycles. The molecular weight excluding hydrogens is 449 g/mol. The van der Waals surface area contributed by atoms with Crippen LogP contribution >= 0.6 is 0 Å². The Hall–Kier alpha value is -3.18. The highest BCUT2D eigenvalue weighted by Crippen LogP contribution is 2.29. The minimum atomic E-state index is -1.25. The number of allylic oxidation sites excluding steroid dienone is 1. The first-order valence-corrected chi connectivity index (χ1v) is 12.9. The SMILES string of the molecule is C=C(NC(c1cccc(CC(C)(C)F)c1)c1ccccn1)C1CCN(CCOc2ccccc2)CC1. The van der Waals surface area contributed by atoms with E-state index >= 15 is 0 Å². The van der Waals surface area contributed by atoms with Crippen LogP contribution in [0.5, 0.6) is 5.75 Å². The van der Waals surface area contributed by atoms with Crippen molar-refractivity contribution in [3.8, 4) is 5.75 Å². The molecule has 1 N–H and O–H groups in total. The smallest absolute Gasteiger partial charge is 0.119 e. The molecule has 3 aromatic rings. The molecule has 36 heavy (non-hydrogen) atoms. The standard InChI is InChI=1S/C31H38FN3O/c1-24(26-15-18-35(19-16-26)20-21-36-28-12-5-4-6-13-28)34-30(29-14-7-8-17-33-29)27-11-9-10-25(22-27)23-31(2,3)32/h4-14,17,22,26,30,34H,1,15-16,18-21,23H2,2-3H3. The molecule has 1 atom stereocenters. The number of ether oxygens (including phenoxy) is 1. The lowest BCUT2D eigenvalue weighted by Gasteiger charge is -2.34. The van der Waals surface area contributed by atoms with Gasteiger partial charge in [-0.05, 0) is 75.2 Å². The number of alkyl halides is 1. The van der Waals surface area contributed by atoms with Gasteiger partial charge in [0.05, 0.1) is 11.7 Å². The summed E-state index contributed by atoms with van der Waals surface area (Å²) in [6.07, 6.45) is 4.31. The van der Waals surface area contributed by atoms with Crippen molar-refractivity contribution < 1.29 is 9.13 Å². The lowest BCUT2D eigenvalue weighted by molar-refractivity contribution is 0.162. The minimum Gasteiger partial charge on any atom is -0.492 e. The van der Waals surface area contributed by atoms with Gasteiger partial charge >= 0.3 is 0 Å². The van der Waals surface area contributed by atoms with Gasteiger partial charge < -0.3 is 10.1 Å². The van der Waals surface area contributed by atoms with Gasteiger partial charge in [-0.1, -0.05) is 55.1 Å². The molecule has 2 heterocycles. The Kier molecular flexibility index (Phi) is 8.76. The van der Waals surface area contributed by atoms with E-state index in [2.05, 4.69) is 33.9 Å². The maximum absolute atomic E-state index is 14.3. The number of halogens is 1. The highest BCUT2D eigenvalue weighted by molar-refractivity contribution is 5.33. The van der Waals surface area contributed by atoms with Gasteiger partial charge in [0.25, 0.3) is 0 Å². The third-order valence-electron chi connectivity index (χ3n) is 6.72. The predicted octanol–water partition coefficient (Wildman–Crippen LogP) is 6.36. The molecule has 0 aliphatic carbocycles. The average Bonchev–Trinajstić information content (AvgIpc) is 2.88. The fourth-order valence-electron chi connectivity index (χ4n) is 4.86. The lowest BCUT2D eigenvalue weighted by atomic mass is 9.91. The van der Waals surface area contributed by atoms with Crippen molar-refractivity contribution >= 4 is 0 Å². The number of hydrogen-bond acceptors (Lipinski definition) is 4. The first-order valence-electron chi connectivity index (χ1n) is 12.9. The van der Waals surface area contributed by atoms with Gasteiger partial charge in [0.1, 0.15) is 18.0 Å². The molecule has 1 aromatic heterocycles. The Balaban J connectivity index is 1.36. The lowest BCUT2D eigenvalue weighted by Crippen LogP contribution is -2.38. The number of rotatable bonds is 11. The second-order valence-electron chi connectivity index (χ2n) is 10.3. The van der Waals surface area contributed by atoms with Gasteiger partial charge in [0, 0.05) is 30.8 Å². The molecule has 1 aliphatic heterocycles. The number of benzene rings is 2. The Morgan fingerprint density at radius 1 is 1.08 bits per heavy atom. The molecule has 1 unspecified atom stereocenters. The van der Waals surface area contributed by atoms with Crippen LogP contribution in [0.1, 0.15) is 49.6 Å². The van der Waals surface area contributed by atoms with E-state index in [0.717, 1.165) is 60.7 Å². The first kappa shape index (κ1) is 25.9. The summed E-state index contributed by atoms with van der Waals surface area (Å²) in [6, 6.07) is 24.0. The number of nitrogens with one attached hydrogen (secondary N) is 1. The molecule has 0 saturated carbocycles. The van der Waals surface area contributed by atoms with Crippen molar-refractivity contribution in [2.45, 2.75) is 44.8 Å². The normalized spacial score (nSPS) is 15.9. The summed E-state index contributed by atoms with van der Waals surface area (Å²) in [7, 11) is 0. The van der Waals surface area contributed by atoms with E-state index in [4.69, 9.17) is 4.74 Å². The molecule has 0 bridgehead atoms. The molecule has 4 rings (SSSR count). The number of pyridine rings is 1. The first-order chi connectivity index (χ1) is 17.4. The molecule has 1 aliphatic rings. The fraction of sp³-hybridized carbons (Fsp3) is 0.387. The maximum Gasteiger partial charge on any atom is 0.119 e. The summed E-state index contributed by atoms with van der Waals surface area (Å²) in [6.45, 7) is 11.4. The molecule has 4 nitrogen and oxygen atoms in total. The average molecular weight is 488 g/mol. The Bertz CT molecular complexity index is 1090. The molecule has 190 valence electrons.